The fourth-order valence-corrected chi connectivity index (χ4v) is 5.07. The van der Waals surface area contributed by atoms with E-state index >= 15 is 0 Å². The lowest BCUT2D eigenvalue weighted by Crippen LogP contribution is -2.33. The molecule has 3 fully saturated rings. The van der Waals surface area contributed by atoms with Gasteiger partial charge in [-0.05, 0) is 32.4 Å². The zero-order chi connectivity index (χ0) is 17.6. The third-order valence-electron chi connectivity index (χ3n) is 5.85. The van der Waals surface area contributed by atoms with Crippen LogP contribution in [0.2, 0.25) is 0 Å². The number of aliphatic hydroxyl groups is 1. The number of nitrogens with zero attached hydrogens (tertiary/aromatic N) is 4. The first-order valence-corrected chi connectivity index (χ1v) is 9.63. The second kappa shape index (κ2) is 4.85. The quantitative estimate of drug-likeness (QED) is 0.619. The smallest absolute Gasteiger partial charge is 0.191 e. The van der Waals surface area contributed by atoms with E-state index in [4.69, 9.17) is 15.2 Å². The fourth-order valence-electron chi connectivity index (χ4n) is 4.70. The van der Waals surface area contributed by atoms with Crippen LogP contribution in [0.1, 0.15) is 26.3 Å². The molecule has 0 amide bonds. The summed E-state index contributed by atoms with van der Waals surface area (Å²) in [7, 11) is 0. The van der Waals surface area contributed by atoms with Crippen LogP contribution in [0.3, 0.4) is 0 Å². The summed E-state index contributed by atoms with van der Waals surface area (Å²) in [5, 5.41) is 10.6. The van der Waals surface area contributed by atoms with Crippen molar-refractivity contribution in [1.82, 2.24) is 19.5 Å². The SMILES string of the molecule is CSc1nc(N)c2ncn([C@H]3[C@@H]4OC(C)(C)O[C@@H]4[C@]4(CO)C[C@H]34)c2n1. The van der Waals surface area contributed by atoms with E-state index in [0.717, 1.165) is 12.1 Å². The molecular weight excluding hydrogens is 342 g/mol. The minimum atomic E-state index is -0.655. The Morgan fingerprint density at radius 3 is 2.92 bits per heavy atom. The predicted octanol–water partition coefficient (Wildman–Crippen LogP) is 1.20. The van der Waals surface area contributed by atoms with Gasteiger partial charge in [-0.2, -0.15) is 0 Å². The van der Waals surface area contributed by atoms with Crippen molar-refractivity contribution in [2.45, 2.75) is 49.5 Å². The maximum Gasteiger partial charge on any atom is 0.191 e. The molecule has 0 bridgehead atoms. The Morgan fingerprint density at radius 1 is 1.40 bits per heavy atom. The molecule has 8 nitrogen and oxygen atoms in total. The van der Waals surface area contributed by atoms with Gasteiger partial charge in [-0.3, -0.25) is 0 Å². The van der Waals surface area contributed by atoms with Crippen LogP contribution in [0.15, 0.2) is 11.5 Å². The molecule has 9 heteroatoms. The summed E-state index contributed by atoms with van der Waals surface area (Å²) in [6.45, 7) is 3.94. The van der Waals surface area contributed by atoms with Crippen molar-refractivity contribution < 1.29 is 14.6 Å². The fraction of sp³-hybridized carbons (Fsp3) is 0.688. The highest BCUT2D eigenvalue weighted by atomic mass is 32.2. The van der Waals surface area contributed by atoms with Crippen molar-refractivity contribution in [3.63, 3.8) is 0 Å². The topological polar surface area (TPSA) is 108 Å². The van der Waals surface area contributed by atoms with E-state index in [1.54, 1.807) is 6.33 Å². The van der Waals surface area contributed by atoms with Gasteiger partial charge in [-0.1, -0.05) is 11.8 Å². The summed E-state index contributed by atoms with van der Waals surface area (Å²) in [5.41, 5.74) is 7.16. The number of aromatic nitrogens is 4. The summed E-state index contributed by atoms with van der Waals surface area (Å²) < 4.78 is 14.4. The maximum absolute atomic E-state index is 10.0. The first-order chi connectivity index (χ1) is 11.9. The number of rotatable bonds is 3. The Balaban J connectivity index is 1.64. The van der Waals surface area contributed by atoms with Gasteiger partial charge in [0.2, 0.25) is 0 Å². The number of imidazole rings is 1. The van der Waals surface area contributed by atoms with E-state index in [1.807, 2.05) is 24.7 Å². The van der Waals surface area contributed by atoms with E-state index in [2.05, 4.69) is 15.0 Å². The third kappa shape index (κ3) is 1.98. The molecule has 0 radical (unpaired) electrons. The second-order valence-electron chi connectivity index (χ2n) is 7.63. The molecule has 0 aromatic carbocycles. The van der Waals surface area contributed by atoms with E-state index < -0.39 is 5.79 Å². The zero-order valence-corrected chi connectivity index (χ0v) is 15.2. The highest BCUT2D eigenvalue weighted by Gasteiger charge is 2.75. The van der Waals surface area contributed by atoms with Crippen molar-refractivity contribution in [2.75, 3.05) is 18.6 Å². The van der Waals surface area contributed by atoms with Crippen molar-refractivity contribution in [3.8, 4) is 0 Å². The average Bonchev–Trinajstić information content (AvgIpc) is 2.85. The number of fused-ring (bicyclic) bond motifs is 4. The van der Waals surface area contributed by atoms with Gasteiger partial charge in [0.1, 0.15) is 11.6 Å². The number of aliphatic hydroxyl groups excluding tert-OH is 1. The lowest BCUT2D eigenvalue weighted by molar-refractivity contribution is -0.163. The number of anilines is 1. The largest absolute Gasteiger partial charge is 0.396 e. The van der Waals surface area contributed by atoms with Crippen LogP contribution >= 0.6 is 11.8 Å². The number of ether oxygens (including phenoxy) is 2. The summed E-state index contributed by atoms with van der Waals surface area (Å²) in [6.07, 6.45) is 4.36. The molecule has 25 heavy (non-hydrogen) atoms. The second-order valence-corrected chi connectivity index (χ2v) is 8.41. The number of hydrogen-bond donors (Lipinski definition) is 2. The molecule has 0 unspecified atom stereocenters. The Kier molecular flexibility index (Phi) is 3.06. The van der Waals surface area contributed by atoms with Crippen LogP contribution in [0.25, 0.3) is 11.2 Å². The third-order valence-corrected chi connectivity index (χ3v) is 6.40. The zero-order valence-electron chi connectivity index (χ0n) is 14.3. The van der Waals surface area contributed by atoms with Crippen molar-refractivity contribution in [2.24, 2.45) is 11.3 Å². The summed E-state index contributed by atoms with van der Waals surface area (Å²) >= 11 is 1.45. The molecule has 3 aliphatic rings. The Bertz CT molecular complexity index is 871. The van der Waals surface area contributed by atoms with Crippen molar-refractivity contribution >= 4 is 28.7 Å². The van der Waals surface area contributed by atoms with Crippen molar-refractivity contribution in [3.05, 3.63) is 6.33 Å². The Hall–Kier alpha value is -1.42. The number of nitrogen functional groups attached to an aromatic ring is 1. The molecule has 2 aromatic heterocycles. The molecule has 3 heterocycles. The Morgan fingerprint density at radius 2 is 2.20 bits per heavy atom. The van der Waals surface area contributed by atoms with Gasteiger partial charge in [0.25, 0.3) is 0 Å². The molecule has 5 atom stereocenters. The Labute approximate surface area is 149 Å². The van der Waals surface area contributed by atoms with E-state index in [1.165, 1.54) is 11.8 Å². The lowest BCUT2D eigenvalue weighted by Gasteiger charge is -2.24. The lowest BCUT2D eigenvalue weighted by atomic mass is 10.0. The average molecular weight is 363 g/mol. The van der Waals surface area contributed by atoms with Crippen LogP contribution in [-0.4, -0.2) is 55.5 Å². The van der Waals surface area contributed by atoms with Crippen LogP contribution in [0, 0.1) is 11.3 Å². The van der Waals surface area contributed by atoms with E-state index in [0.29, 0.717) is 16.5 Å². The van der Waals surface area contributed by atoms with Crippen LogP contribution < -0.4 is 5.73 Å². The molecule has 1 aliphatic heterocycles. The first kappa shape index (κ1) is 15.8. The summed E-state index contributed by atoms with van der Waals surface area (Å²) in [6, 6.07) is 0.0212. The normalized spacial score (nSPS) is 38.1. The number of nitrogens with two attached hydrogens (primary N) is 1. The van der Waals surface area contributed by atoms with Gasteiger partial charge in [0.05, 0.1) is 25.1 Å². The molecule has 0 spiro atoms. The highest BCUT2D eigenvalue weighted by Crippen LogP contribution is 2.71. The van der Waals surface area contributed by atoms with Gasteiger partial charge >= 0.3 is 0 Å². The monoisotopic (exact) mass is 363 g/mol. The summed E-state index contributed by atoms with van der Waals surface area (Å²) in [4.78, 5) is 13.3. The van der Waals surface area contributed by atoms with Gasteiger partial charge in [-0.25, -0.2) is 15.0 Å². The standard InChI is InChI=1S/C16H21N5O3S/c1-15(2)23-10-9(7-4-16(7,5-22)11(10)24-15)21-6-18-8-12(17)19-14(25-3)20-13(8)21/h6-7,9-11,22H,4-5H2,1-3H3,(H2,17,19,20)/t7-,9-,10+,11+,16+/m1/s1. The molecular formula is C16H21N5O3S. The molecule has 2 aliphatic carbocycles. The van der Waals surface area contributed by atoms with Crippen LogP contribution in [-0.2, 0) is 9.47 Å². The van der Waals surface area contributed by atoms with Gasteiger partial charge in [0.15, 0.2) is 22.4 Å². The van der Waals surface area contributed by atoms with Gasteiger partial charge < -0.3 is 24.9 Å². The highest BCUT2D eigenvalue weighted by molar-refractivity contribution is 7.98. The molecule has 134 valence electrons. The maximum atomic E-state index is 10.0. The molecule has 3 N–H and O–H groups in total. The molecule has 5 rings (SSSR count). The van der Waals surface area contributed by atoms with Crippen LogP contribution in [0.5, 0.6) is 0 Å². The molecule has 2 saturated carbocycles. The minimum Gasteiger partial charge on any atom is -0.396 e. The minimum absolute atomic E-state index is 0.0212. The molecule has 1 saturated heterocycles. The van der Waals surface area contributed by atoms with E-state index in [9.17, 15) is 5.11 Å². The number of thioether (sulfide) groups is 1. The summed E-state index contributed by atoms with van der Waals surface area (Å²) in [5.74, 6) is 0.0173. The van der Waals surface area contributed by atoms with Gasteiger partial charge in [-0.15, -0.1) is 0 Å². The van der Waals surface area contributed by atoms with Gasteiger partial charge in [0, 0.05) is 5.41 Å². The first-order valence-electron chi connectivity index (χ1n) is 8.41. The number of hydrogen-bond acceptors (Lipinski definition) is 8. The predicted molar refractivity (Wildman–Crippen MR) is 92.0 cm³/mol. The van der Waals surface area contributed by atoms with Crippen molar-refractivity contribution in [1.29, 1.82) is 0 Å². The van der Waals surface area contributed by atoms with E-state index in [-0.39, 0.29) is 36.2 Å². The van der Waals surface area contributed by atoms with Crippen LogP contribution in [0.4, 0.5) is 5.82 Å². The molecule has 2 aromatic rings.